The van der Waals surface area contributed by atoms with Gasteiger partial charge in [-0.3, -0.25) is 4.79 Å². The highest BCUT2D eigenvalue weighted by Crippen LogP contribution is 2.20. The van der Waals surface area contributed by atoms with Gasteiger partial charge in [0, 0.05) is 11.1 Å². The van der Waals surface area contributed by atoms with Crippen LogP contribution in [0.3, 0.4) is 0 Å². The second-order valence-electron chi connectivity index (χ2n) is 2.72. The Morgan fingerprint density at radius 2 is 2.54 bits per heavy atom. The van der Waals surface area contributed by atoms with Crippen LogP contribution in [0.15, 0.2) is 6.20 Å². The van der Waals surface area contributed by atoms with Crippen LogP contribution in [0, 0.1) is 0 Å². The molecule has 13 heavy (non-hydrogen) atoms. The Morgan fingerprint density at radius 1 is 1.85 bits per heavy atom. The summed E-state index contributed by atoms with van der Waals surface area (Å²) in [7, 11) is 0. The van der Waals surface area contributed by atoms with Gasteiger partial charge in [0.2, 0.25) is 0 Å². The summed E-state index contributed by atoms with van der Waals surface area (Å²) < 4.78 is 0. The van der Waals surface area contributed by atoms with E-state index >= 15 is 0 Å². The number of carbonyl (C=O) groups is 1. The molecule has 1 aromatic rings. The van der Waals surface area contributed by atoms with Crippen molar-refractivity contribution in [3.8, 4) is 0 Å². The Labute approximate surface area is 80.4 Å². The number of aromatic nitrogens is 1. The third kappa shape index (κ3) is 2.78. The molecule has 1 rings (SSSR count). The van der Waals surface area contributed by atoms with Gasteiger partial charge in [0.1, 0.15) is 5.01 Å². The van der Waals surface area contributed by atoms with Crippen molar-refractivity contribution in [3.05, 3.63) is 16.1 Å². The predicted molar refractivity (Wildman–Crippen MR) is 50.7 cm³/mol. The Kier molecular flexibility index (Phi) is 3.39. The molecule has 4 nitrogen and oxygen atoms in total. The molecule has 0 aliphatic rings. The van der Waals surface area contributed by atoms with E-state index in [-0.39, 0.29) is 6.42 Å². The van der Waals surface area contributed by atoms with E-state index in [4.69, 9.17) is 10.8 Å². The van der Waals surface area contributed by atoms with Crippen molar-refractivity contribution in [1.82, 2.24) is 4.98 Å². The van der Waals surface area contributed by atoms with Gasteiger partial charge in [0.25, 0.3) is 0 Å². The molecule has 72 valence electrons. The molecule has 1 atom stereocenters. The molecule has 0 aliphatic carbocycles. The van der Waals surface area contributed by atoms with Gasteiger partial charge in [-0.2, -0.15) is 0 Å². The molecule has 0 saturated carbocycles. The van der Waals surface area contributed by atoms with E-state index in [0.717, 1.165) is 11.3 Å². The zero-order valence-corrected chi connectivity index (χ0v) is 8.17. The number of nitrogens with two attached hydrogens (primary N) is 1. The summed E-state index contributed by atoms with van der Waals surface area (Å²) in [5, 5.41) is 9.21. The largest absolute Gasteiger partial charge is 0.481 e. The summed E-state index contributed by atoms with van der Waals surface area (Å²) in [4.78, 5) is 15.6. The lowest BCUT2D eigenvalue weighted by Gasteiger charge is -2.02. The van der Waals surface area contributed by atoms with Crippen molar-refractivity contribution in [2.75, 3.05) is 0 Å². The number of hydrogen-bond donors (Lipinski definition) is 2. The first-order chi connectivity index (χ1) is 6.13. The van der Waals surface area contributed by atoms with E-state index < -0.39 is 12.0 Å². The lowest BCUT2D eigenvalue weighted by molar-refractivity contribution is -0.137. The third-order valence-corrected chi connectivity index (χ3v) is 2.91. The van der Waals surface area contributed by atoms with E-state index in [9.17, 15) is 4.79 Å². The van der Waals surface area contributed by atoms with E-state index in [1.165, 1.54) is 11.3 Å². The number of carboxylic acids is 1. The molecular weight excluding hydrogens is 188 g/mol. The summed E-state index contributed by atoms with van der Waals surface area (Å²) in [5.74, 6) is -0.888. The van der Waals surface area contributed by atoms with Crippen LogP contribution in [0.5, 0.6) is 0 Å². The minimum Gasteiger partial charge on any atom is -0.481 e. The second kappa shape index (κ2) is 4.34. The number of aryl methyl sites for hydroxylation is 1. The van der Waals surface area contributed by atoms with Crippen molar-refractivity contribution in [1.29, 1.82) is 0 Å². The van der Waals surface area contributed by atoms with Gasteiger partial charge in [-0.25, -0.2) is 4.98 Å². The number of nitrogens with zero attached hydrogens (tertiary/aromatic N) is 1. The summed E-state index contributed by atoms with van der Waals surface area (Å²) in [6.45, 7) is 2.03. The van der Waals surface area contributed by atoms with E-state index in [1.807, 2.05) is 6.92 Å². The van der Waals surface area contributed by atoms with Crippen LogP contribution >= 0.6 is 11.3 Å². The molecule has 1 aromatic heterocycles. The fourth-order valence-corrected chi connectivity index (χ4v) is 1.79. The number of rotatable bonds is 4. The normalized spacial score (nSPS) is 12.8. The van der Waals surface area contributed by atoms with Crippen molar-refractivity contribution < 1.29 is 9.90 Å². The standard InChI is InChI=1S/C8H12N2O2S/c1-2-5-4-10-8(13-5)6(9)3-7(11)12/h4,6H,2-3,9H2,1H3,(H,11,12)/t6-/m0/s1. The molecule has 0 aliphatic heterocycles. The maximum Gasteiger partial charge on any atom is 0.305 e. The van der Waals surface area contributed by atoms with Crippen LogP contribution in [0.2, 0.25) is 0 Å². The molecule has 0 amide bonds. The third-order valence-electron chi connectivity index (χ3n) is 1.63. The molecule has 0 fully saturated rings. The van der Waals surface area contributed by atoms with Gasteiger partial charge in [-0.05, 0) is 6.42 Å². The maximum atomic E-state index is 10.4. The quantitative estimate of drug-likeness (QED) is 0.765. The van der Waals surface area contributed by atoms with E-state index in [0.29, 0.717) is 5.01 Å². The van der Waals surface area contributed by atoms with Gasteiger partial charge >= 0.3 is 5.97 Å². The second-order valence-corrected chi connectivity index (χ2v) is 3.87. The van der Waals surface area contributed by atoms with Gasteiger partial charge in [0.15, 0.2) is 0 Å². The van der Waals surface area contributed by atoms with E-state index in [1.54, 1.807) is 6.20 Å². The topological polar surface area (TPSA) is 76.2 Å². The molecule has 1 heterocycles. The first-order valence-electron chi connectivity index (χ1n) is 4.05. The summed E-state index contributed by atoms with van der Waals surface area (Å²) in [5.41, 5.74) is 5.63. The predicted octanol–water partition coefficient (Wildman–Crippen LogP) is 1.18. The molecule has 0 bridgehead atoms. The maximum absolute atomic E-state index is 10.4. The zero-order chi connectivity index (χ0) is 9.84. The van der Waals surface area contributed by atoms with Crippen molar-refractivity contribution in [2.24, 2.45) is 5.73 Å². The lowest BCUT2D eigenvalue weighted by Crippen LogP contribution is -2.14. The number of carboxylic acid groups (broad SMARTS) is 1. The monoisotopic (exact) mass is 200 g/mol. The minimum absolute atomic E-state index is 0.0589. The van der Waals surface area contributed by atoms with Crippen LogP contribution in [-0.2, 0) is 11.2 Å². The fraction of sp³-hybridized carbons (Fsp3) is 0.500. The molecule has 0 unspecified atom stereocenters. The highest BCUT2D eigenvalue weighted by molar-refractivity contribution is 7.11. The van der Waals surface area contributed by atoms with Crippen LogP contribution in [0.4, 0.5) is 0 Å². The summed E-state index contributed by atoms with van der Waals surface area (Å²) in [6.07, 6.45) is 2.61. The van der Waals surface area contributed by atoms with Crippen LogP contribution in [0.25, 0.3) is 0 Å². The van der Waals surface area contributed by atoms with Crippen molar-refractivity contribution in [3.63, 3.8) is 0 Å². The number of hydrogen-bond acceptors (Lipinski definition) is 4. The lowest BCUT2D eigenvalue weighted by atomic mass is 10.2. The molecule has 0 spiro atoms. The zero-order valence-electron chi connectivity index (χ0n) is 7.36. The Hall–Kier alpha value is -0.940. The smallest absolute Gasteiger partial charge is 0.305 e. The fourth-order valence-electron chi connectivity index (χ4n) is 0.933. The average molecular weight is 200 g/mol. The molecule has 0 radical (unpaired) electrons. The summed E-state index contributed by atoms with van der Waals surface area (Å²) in [6, 6.07) is -0.470. The number of thiazole rings is 1. The molecule has 0 saturated heterocycles. The Bertz CT molecular complexity index is 298. The molecular formula is C8H12N2O2S. The highest BCUT2D eigenvalue weighted by Gasteiger charge is 2.13. The first-order valence-corrected chi connectivity index (χ1v) is 4.87. The number of aliphatic carboxylic acids is 1. The van der Waals surface area contributed by atoms with Crippen LogP contribution in [0.1, 0.15) is 29.3 Å². The molecule has 3 N–H and O–H groups in total. The Balaban J connectivity index is 2.65. The minimum atomic E-state index is -0.888. The van der Waals surface area contributed by atoms with Gasteiger partial charge < -0.3 is 10.8 Å². The average Bonchev–Trinajstić information content (AvgIpc) is 2.50. The first kappa shape index (κ1) is 10.1. The van der Waals surface area contributed by atoms with Gasteiger partial charge in [-0.1, -0.05) is 6.92 Å². The highest BCUT2D eigenvalue weighted by atomic mass is 32.1. The van der Waals surface area contributed by atoms with Gasteiger partial charge in [-0.15, -0.1) is 11.3 Å². The van der Waals surface area contributed by atoms with E-state index in [2.05, 4.69) is 4.98 Å². The van der Waals surface area contributed by atoms with Crippen LogP contribution < -0.4 is 5.73 Å². The van der Waals surface area contributed by atoms with Crippen molar-refractivity contribution >= 4 is 17.3 Å². The summed E-state index contributed by atoms with van der Waals surface area (Å²) >= 11 is 1.48. The SMILES string of the molecule is CCc1cnc([C@@H](N)CC(=O)O)s1. The molecule has 0 aromatic carbocycles. The Morgan fingerprint density at radius 3 is 3.00 bits per heavy atom. The molecule has 5 heteroatoms. The van der Waals surface area contributed by atoms with Crippen LogP contribution in [-0.4, -0.2) is 16.1 Å². The van der Waals surface area contributed by atoms with Gasteiger partial charge in [0.05, 0.1) is 12.5 Å². The van der Waals surface area contributed by atoms with Crippen molar-refractivity contribution in [2.45, 2.75) is 25.8 Å².